The first-order valence-corrected chi connectivity index (χ1v) is 18.3. The Bertz CT molecular complexity index is 3160. The summed E-state index contributed by atoms with van der Waals surface area (Å²) in [6.07, 6.45) is 0. The number of hydrogen-bond acceptors (Lipinski definition) is 1. The molecule has 1 heteroatoms. The minimum atomic E-state index is 0.911. The SMILES string of the molecule is c1ccc(-c2cc3ccccc3c3ccccc23)c(-c2ccc(-c3c4ccccc4c(-c4cccc5oc6ccccc6c45)c4ccccc34)cc2)c1. The zero-order valence-corrected chi connectivity index (χ0v) is 28.9. The third-order valence-electron chi connectivity index (χ3n) is 11.1. The molecule has 0 saturated carbocycles. The van der Waals surface area contributed by atoms with Crippen molar-refractivity contribution in [3.63, 3.8) is 0 Å². The lowest BCUT2D eigenvalue weighted by molar-refractivity contribution is 0.669. The van der Waals surface area contributed by atoms with Crippen molar-refractivity contribution in [2.45, 2.75) is 0 Å². The van der Waals surface area contributed by atoms with Crippen LogP contribution in [0.3, 0.4) is 0 Å². The molecule has 0 fully saturated rings. The molecule has 0 radical (unpaired) electrons. The number of hydrogen-bond donors (Lipinski definition) is 0. The van der Waals surface area contributed by atoms with E-state index >= 15 is 0 Å². The van der Waals surface area contributed by atoms with E-state index in [9.17, 15) is 0 Å². The highest BCUT2D eigenvalue weighted by atomic mass is 16.3. The normalized spacial score (nSPS) is 11.8. The molecular formula is C52H32O. The molecule has 0 unspecified atom stereocenters. The van der Waals surface area contributed by atoms with Crippen molar-refractivity contribution in [2.75, 3.05) is 0 Å². The van der Waals surface area contributed by atoms with E-state index < -0.39 is 0 Å². The number of fused-ring (bicyclic) bond motifs is 8. The van der Waals surface area contributed by atoms with Gasteiger partial charge in [-0.2, -0.15) is 0 Å². The Balaban J connectivity index is 1.11. The zero-order chi connectivity index (χ0) is 34.9. The van der Waals surface area contributed by atoms with Crippen molar-refractivity contribution in [3.05, 3.63) is 194 Å². The molecular weight excluding hydrogens is 641 g/mol. The average Bonchev–Trinajstić information content (AvgIpc) is 3.62. The smallest absolute Gasteiger partial charge is 0.136 e. The molecule has 11 rings (SSSR count). The fourth-order valence-electron chi connectivity index (χ4n) is 8.78. The Labute approximate surface area is 307 Å². The molecule has 1 nitrogen and oxygen atoms in total. The Morgan fingerprint density at radius 2 is 0.755 bits per heavy atom. The fraction of sp³-hybridized carbons (Fsp3) is 0. The minimum absolute atomic E-state index is 0.911. The second-order valence-electron chi connectivity index (χ2n) is 13.9. The predicted octanol–water partition coefficient (Wildman–Crippen LogP) is 14.9. The Hall–Kier alpha value is -6.96. The summed E-state index contributed by atoms with van der Waals surface area (Å²) >= 11 is 0. The highest BCUT2D eigenvalue weighted by Crippen LogP contribution is 2.47. The first-order chi connectivity index (χ1) is 26.3. The summed E-state index contributed by atoms with van der Waals surface area (Å²) in [6.45, 7) is 0. The summed E-state index contributed by atoms with van der Waals surface area (Å²) in [5.74, 6) is 0. The molecule has 0 amide bonds. The van der Waals surface area contributed by atoms with Crippen molar-refractivity contribution in [1.29, 1.82) is 0 Å². The first-order valence-electron chi connectivity index (χ1n) is 18.3. The number of furan rings is 1. The van der Waals surface area contributed by atoms with E-state index in [0.717, 1.165) is 21.9 Å². The average molecular weight is 673 g/mol. The summed E-state index contributed by atoms with van der Waals surface area (Å²) in [5.41, 5.74) is 11.6. The molecule has 1 aromatic heterocycles. The van der Waals surface area contributed by atoms with Gasteiger partial charge in [0, 0.05) is 10.8 Å². The standard InChI is InChI=1S/C52H32O/c1-2-16-37-35(14-1)32-47(40-19-6-5-17-38(37)40)39-18-4-3-15-36(39)33-28-30-34(31-29-33)50-41-20-7-9-22-43(41)51(44-23-10-8-21-42(44)50)46-25-13-27-49-52(46)45-24-11-12-26-48(45)53-49/h1-32H. The topological polar surface area (TPSA) is 13.1 Å². The van der Waals surface area contributed by atoms with Gasteiger partial charge < -0.3 is 4.42 Å². The molecule has 10 aromatic carbocycles. The predicted molar refractivity (Wildman–Crippen MR) is 225 cm³/mol. The van der Waals surface area contributed by atoms with Crippen LogP contribution in [0.1, 0.15) is 0 Å². The van der Waals surface area contributed by atoms with E-state index in [1.54, 1.807) is 0 Å². The summed E-state index contributed by atoms with van der Waals surface area (Å²) in [5, 5.41) is 12.3. The van der Waals surface area contributed by atoms with Gasteiger partial charge in [-0.1, -0.05) is 176 Å². The third-order valence-corrected chi connectivity index (χ3v) is 11.1. The zero-order valence-electron chi connectivity index (χ0n) is 28.9. The molecule has 0 spiro atoms. The molecule has 0 bridgehead atoms. The van der Waals surface area contributed by atoms with Gasteiger partial charge in [0.05, 0.1) is 0 Å². The van der Waals surface area contributed by atoms with Crippen LogP contribution < -0.4 is 0 Å². The number of benzene rings is 10. The van der Waals surface area contributed by atoms with Crippen LogP contribution in [0.25, 0.3) is 110 Å². The Morgan fingerprint density at radius 3 is 1.47 bits per heavy atom. The van der Waals surface area contributed by atoms with Crippen molar-refractivity contribution >= 4 is 65.0 Å². The second-order valence-corrected chi connectivity index (χ2v) is 13.9. The van der Waals surface area contributed by atoms with Crippen LogP contribution in [0.2, 0.25) is 0 Å². The van der Waals surface area contributed by atoms with Gasteiger partial charge in [0.1, 0.15) is 11.2 Å². The summed E-state index contributed by atoms with van der Waals surface area (Å²) in [6, 6.07) is 70.5. The Morgan fingerprint density at radius 1 is 0.264 bits per heavy atom. The van der Waals surface area contributed by atoms with Crippen LogP contribution in [-0.2, 0) is 0 Å². The lowest BCUT2D eigenvalue weighted by Crippen LogP contribution is -1.92. The molecule has 0 atom stereocenters. The lowest BCUT2D eigenvalue weighted by Gasteiger charge is -2.19. The second kappa shape index (κ2) is 11.8. The van der Waals surface area contributed by atoms with E-state index in [2.05, 4.69) is 188 Å². The molecule has 53 heavy (non-hydrogen) atoms. The molecule has 0 aliphatic heterocycles. The van der Waals surface area contributed by atoms with Gasteiger partial charge in [-0.05, 0) is 106 Å². The number of rotatable bonds is 4. The van der Waals surface area contributed by atoms with E-state index in [1.165, 1.54) is 87.6 Å². The molecule has 0 saturated heterocycles. The third kappa shape index (κ3) is 4.58. The van der Waals surface area contributed by atoms with Gasteiger partial charge in [0.25, 0.3) is 0 Å². The summed E-state index contributed by atoms with van der Waals surface area (Å²) in [4.78, 5) is 0. The highest BCUT2D eigenvalue weighted by molar-refractivity contribution is 6.25. The van der Waals surface area contributed by atoms with Crippen molar-refractivity contribution in [3.8, 4) is 44.5 Å². The van der Waals surface area contributed by atoms with Gasteiger partial charge in [0.15, 0.2) is 0 Å². The maximum Gasteiger partial charge on any atom is 0.136 e. The Kier molecular flexibility index (Phi) is 6.62. The van der Waals surface area contributed by atoms with E-state index in [0.29, 0.717) is 0 Å². The highest BCUT2D eigenvalue weighted by Gasteiger charge is 2.20. The van der Waals surface area contributed by atoms with Crippen LogP contribution in [0.5, 0.6) is 0 Å². The van der Waals surface area contributed by atoms with Gasteiger partial charge in [-0.25, -0.2) is 0 Å². The molecule has 246 valence electrons. The molecule has 0 aliphatic rings. The molecule has 0 aliphatic carbocycles. The van der Waals surface area contributed by atoms with Gasteiger partial charge in [-0.3, -0.25) is 0 Å². The summed E-state index contributed by atoms with van der Waals surface area (Å²) < 4.78 is 6.36. The van der Waals surface area contributed by atoms with Crippen molar-refractivity contribution in [1.82, 2.24) is 0 Å². The maximum atomic E-state index is 6.36. The number of para-hydroxylation sites is 1. The van der Waals surface area contributed by atoms with Crippen molar-refractivity contribution < 1.29 is 4.42 Å². The molecule has 1 heterocycles. The van der Waals surface area contributed by atoms with Crippen LogP contribution >= 0.6 is 0 Å². The largest absolute Gasteiger partial charge is 0.456 e. The lowest BCUT2D eigenvalue weighted by atomic mass is 9.84. The first kappa shape index (κ1) is 29.7. The summed E-state index contributed by atoms with van der Waals surface area (Å²) in [7, 11) is 0. The van der Waals surface area contributed by atoms with Gasteiger partial charge in [0.2, 0.25) is 0 Å². The van der Waals surface area contributed by atoms with Crippen LogP contribution in [0.15, 0.2) is 199 Å². The van der Waals surface area contributed by atoms with Gasteiger partial charge >= 0.3 is 0 Å². The quantitative estimate of drug-likeness (QED) is 0.134. The fourth-order valence-corrected chi connectivity index (χ4v) is 8.78. The van der Waals surface area contributed by atoms with Crippen LogP contribution in [0.4, 0.5) is 0 Å². The van der Waals surface area contributed by atoms with E-state index in [-0.39, 0.29) is 0 Å². The maximum absolute atomic E-state index is 6.36. The van der Waals surface area contributed by atoms with Crippen LogP contribution in [0, 0.1) is 0 Å². The van der Waals surface area contributed by atoms with Gasteiger partial charge in [-0.15, -0.1) is 0 Å². The monoisotopic (exact) mass is 672 g/mol. The minimum Gasteiger partial charge on any atom is -0.456 e. The van der Waals surface area contributed by atoms with Crippen LogP contribution in [-0.4, -0.2) is 0 Å². The molecule has 11 aromatic rings. The van der Waals surface area contributed by atoms with E-state index in [4.69, 9.17) is 4.42 Å². The van der Waals surface area contributed by atoms with E-state index in [1.807, 2.05) is 6.07 Å². The van der Waals surface area contributed by atoms with Crippen molar-refractivity contribution in [2.24, 2.45) is 0 Å². The molecule has 0 N–H and O–H groups in total.